The first-order valence-electron chi connectivity index (χ1n) is 7.09. The highest BCUT2D eigenvalue weighted by molar-refractivity contribution is 14.0. The number of aliphatic imine (C=N–C) groups is 1. The van der Waals surface area contributed by atoms with Crippen molar-refractivity contribution in [2.45, 2.75) is 33.4 Å². The molecular weight excluding hydrogens is 407 g/mol. The number of benzene rings is 1. The van der Waals surface area contributed by atoms with Crippen LogP contribution >= 0.6 is 35.3 Å². The van der Waals surface area contributed by atoms with Gasteiger partial charge in [0.15, 0.2) is 5.96 Å². The monoisotopic (exact) mass is 430 g/mol. The van der Waals surface area contributed by atoms with Crippen LogP contribution < -0.4 is 10.6 Å². The molecule has 1 aromatic carbocycles. The summed E-state index contributed by atoms with van der Waals surface area (Å²) in [6.07, 6.45) is 0. The van der Waals surface area contributed by atoms with Crippen LogP contribution in [0.1, 0.15) is 24.4 Å². The quantitative estimate of drug-likeness (QED) is 0.441. The molecule has 2 aromatic rings. The number of guanidine groups is 1. The molecule has 0 saturated heterocycles. The van der Waals surface area contributed by atoms with Gasteiger partial charge in [-0.2, -0.15) is 0 Å². The van der Waals surface area contributed by atoms with Crippen molar-refractivity contribution in [3.63, 3.8) is 0 Å². The summed E-state index contributed by atoms with van der Waals surface area (Å²) in [7, 11) is 1.78. The Kier molecular flexibility index (Phi) is 7.81. The smallest absolute Gasteiger partial charge is 0.191 e. The minimum atomic E-state index is 0. The Morgan fingerprint density at radius 3 is 2.55 bits per heavy atom. The first-order chi connectivity index (χ1) is 10.1. The number of halogens is 1. The number of aromatic nitrogens is 1. The summed E-state index contributed by atoms with van der Waals surface area (Å²) in [5, 5.41) is 7.68. The Labute approximate surface area is 153 Å². The second-order valence-corrected chi connectivity index (χ2v) is 6.20. The lowest BCUT2D eigenvalue weighted by atomic mass is 10.2. The van der Waals surface area contributed by atoms with Crippen LogP contribution in [0, 0.1) is 6.92 Å². The molecule has 6 heteroatoms. The Bertz CT molecular complexity index is 608. The largest absolute Gasteiger partial charge is 0.354 e. The van der Waals surface area contributed by atoms with Crippen molar-refractivity contribution in [2.75, 3.05) is 7.05 Å². The molecule has 4 nitrogen and oxygen atoms in total. The first-order valence-corrected chi connectivity index (χ1v) is 7.90. The maximum atomic E-state index is 4.66. The first kappa shape index (κ1) is 18.9. The molecule has 120 valence electrons. The van der Waals surface area contributed by atoms with Crippen molar-refractivity contribution >= 4 is 41.3 Å². The number of aryl methyl sites for hydroxylation is 1. The predicted molar refractivity (Wildman–Crippen MR) is 106 cm³/mol. The molecule has 1 aromatic heterocycles. The van der Waals surface area contributed by atoms with Gasteiger partial charge in [-0.25, -0.2) is 4.98 Å². The fourth-order valence-electron chi connectivity index (χ4n) is 1.93. The van der Waals surface area contributed by atoms with E-state index in [1.807, 2.05) is 18.2 Å². The van der Waals surface area contributed by atoms with Crippen LogP contribution in [-0.4, -0.2) is 24.0 Å². The summed E-state index contributed by atoms with van der Waals surface area (Å²) in [4.78, 5) is 10.1. The van der Waals surface area contributed by atoms with Crippen molar-refractivity contribution in [2.24, 2.45) is 4.99 Å². The molecule has 2 N–H and O–H groups in total. The van der Waals surface area contributed by atoms with Gasteiger partial charge in [0.2, 0.25) is 0 Å². The van der Waals surface area contributed by atoms with Crippen molar-refractivity contribution in [3.05, 3.63) is 40.9 Å². The summed E-state index contributed by atoms with van der Waals surface area (Å²) in [5.74, 6) is 0.819. The molecular formula is C16H23IN4S. The second kappa shape index (κ2) is 9.09. The van der Waals surface area contributed by atoms with E-state index >= 15 is 0 Å². The molecule has 2 rings (SSSR count). The minimum Gasteiger partial charge on any atom is -0.354 e. The molecule has 0 aliphatic heterocycles. The fraction of sp³-hybridized carbons (Fsp3) is 0.375. The molecule has 0 aliphatic rings. The van der Waals surface area contributed by atoms with Crippen LogP contribution in [0.25, 0.3) is 10.6 Å². The van der Waals surface area contributed by atoms with E-state index < -0.39 is 0 Å². The maximum absolute atomic E-state index is 4.66. The number of nitrogens with zero attached hydrogens (tertiary/aromatic N) is 2. The van der Waals surface area contributed by atoms with E-state index in [1.165, 1.54) is 10.4 Å². The van der Waals surface area contributed by atoms with E-state index in [1.54, 1.807) is 18.4 Å². The standard InChI is InChI=1S/C16H22N4S.HI/c1-11(2)19-16(17-4)18-10-14-12(3)20-15(21-14)13-8-6-5-7-9-13;/h5-9,11H,10H2,1-4H3,(H2,17,18,19);1H. The van der Waals surface area contributed by atoms with Gasteiger partial charge in [0, 0.05) is 23.5 Å². The molecule has 0 atom stereocenters. The maximum Gasteiger partial charge on any atom is 0.191 e. The summed E-state index contributed by atoms with van der Waals surface area (Å²) in [5.41, 5.74) is 2.24. The molecule has 0 radical (unpaired) electrons. The lowest BCUT2D eigenvalue weighted by Crippen LogP contribution is -2.40. The molecule has 0 bridgehead atoms. The zero-order chi connectivity index (χ0) is 15.2. The Morgan fingerprint density at radius 2 is 1.95 bits per heavy atom. The molecule has 0 unspecified atom stereocenters. The highest BCUT2D eigenvalue weighted by atomic mass is 127. The molecule has 0 saturated carbocycles. The van der Waals surface area contributed by atoms with Crippen molar-refractivity contribution in [3.8, 4) is 10.6 Å². The van der Waals surface area contributed by atoms with Gasteiger partial charge in [-0.15, -0.1) is 35.3 Å². The van der Waals surface area contributed by atoms with Crippen LogP contribution in [0.3, 0.4) is 0 Å². The number of thiazole rings is 1. The average Bonchev–Trinajstić information content (AvgIpc) is 2.85. The van der Waals surface area contributed by atoms with Gasteiger partial charge in [-0.05, 0) is 20.8 Å². The lowest BCUT2D eigenvalue weighted by Gasteiger charge is -2.13. The third-order valence-electron chi connectivity index (χ3n) is 2.98. The normalized spacial score (nSPS) is 11.2. The molecule has 0 amide bonds. The van der Waals surface area contributed by atoms with E-state index in [0.29, 0.717) is 6.04 Å². The third-order valence-corrected chi connectivity index (χ3v) is 4.19. The van der Waals surface area contributed by atoms with Gasteiger partial charge in [-0.1, -0.05) is 30.3 Å². The summed E-state index contributed by atoms with van der Waals surface area (Å²) in [6.45, 7) is 6.98. The van der Waals surface area contributed by atoms with E-state index in [0.717, 1.165) is 23.2 Å². The zero-order valence-corrected chi connectivity index (χ0v) is 16.5. The summed E-state index contributed by atoms with van der Waals surface area (Å²) >= 11 is 1.73. The van der Waals surface area contributed by atoms with Crippen LogP contribution in [-0.2, 0) is 6.54 Å². The third kappa shape index (κ3) is 5.24. The average molecular weight is 430 g/mol. The van der Waals surface area contributed by atoms with Crippen LogP contribution in [0.5, 0.6) is 0 Å². The van der Waals surface area contributed by atoms with E-state index in [2.05, 4.69) is 53.5 Å². The summed E-state index contributed by atoms with van der Waals surface area (Å²) in [6, 6.07) is 10.6. The highest BCUT2D eigenvalue weighted by Gasteiger charge is 2.10. The molecule has 0 fully saturated rings. The Hall–Kier alpha value is -1.15. The number of nitrogens with one attached hydrogen (secondary N) is 2. The predicted octanol–water partition coefficient (Wildman–Crippen LogP) is 3.81. The van der Waals surface area contributed by atoms with Gasteiger partial charge in [0.25, 0.3) is 0 Å². The van der Waals surface area contributed by atoms with Gasteiger partial charge in [0.05, 0.1) is 12.2 Å². The summed E-state index contributed by atoms with van der Waals surface area (Å²) < 4.78 is 0. The molecule has 0 aliphatic carbocycles. The SMILES string of the molecule is CN=C(NCc1sc(-c2ccccc2)nc1C)NC(C)C.I. The van der Waals surface area contributed by atoms with Crippen molar-refractivity contribution in [1.29, 1.82) is 0 Å². The molecule has 22 heavy (non-hydrogen) atoms. The fourth-order valence-corrected chi connectivity index (χ4v) is 2.94. The zero-order valence-electron chi connectivity index (χ0n) is 13.4. The minimum absolute atomic E-state index is 0. The van der Waals surface area contributed by atoms with Crippen molar-refractivity contribution < 1.29 is 0 Å². The van der Waals surface area contributed by atoms with Crippen LogP contribution in [0.2, 0.25) is 0 Å². The van der Waals surface area contributed by atoms with Gasteiger partial charge in [-0.3, -0.25) is 4.99 Å². The van der Waals surface area contributed by atoms with Gasteiger partial charge in [0.1, 0.15) is 5.01 Å². The van der Waals surface area contributed by atoms with E-state index in [4.69, 9.17) is 0 Å². The molecule has 0 spiro atoms. The van der Waals surface area contributed by atoms with E-state index in [-0.39, 0.29) is 24.0 Å². The topological polar surface area (TPSA) is 49.3 Å². The molecule has 1 heterocycles. The van der Waals surface area contributed by atoms with Gasteiger partial charge < -0.3 is 10.6 Å². The van der Waals surface area contributed by atoms with Crippen molar-refractivity contribution in [1.82, 2.24) is 15.6 Å². The lowest BCUT2D eigenvalue weighted by molar-refractivity contribution is 0.700. The number of hydrogen-bond donors (Lipinski definition) is 2. The highest BCUT2D eigenvalue weighted by Crippen LogP contribution is 2.27. The Balaban J connectivity index is 0.00000242. The number of rotatable bonds is 4. The van der Waals surface area contributed by atoms with Gasteiger partial charge >= 0.3 is 0 Å². The number of hydrogen-bond acceptors (Lipinski definition) is 3. The second-order valence-electron chi connectivity index (χ2n) is 5.12. The Morgan fingerprint density at radius 1 is 1.27 bits per heavy atom. The van der Waals surface area contributed by atoms with Crippen LogP contribution in [0.15, 0.2) is 35.3 Å². The van der Waals surface area contributed by atoms with Crippen LogP contribution in [0.4, 0.5) is 0 Å². The van der Waals surface area contributed by atoms with E-state index in [9.17, 15) is 0 Å².